The summed E-state index contributed by atoms with van der Waals surface area (Å²) < 4.78 is 11.1. The van der Waals surface area contributed by atoms with Gasteiger partial charge in [0.2, 0.25) is 5.78 Å². The molecule has 29 heavy (non-hydrogen) atoms. The third-order valence-electron chi connectivity index (χ3n) is 4.72. The second-order valence-electron chi connectivity index (χ2n) is 6.98. The largest absolute Gasteiger partial charge is 0.503 e. The zero-order valence-electron chi connectivity index (χ0n) is 16.8. The Morgan fingerprint density at radius 2 is 2.00 bits per heavy atom. The minimum atomic E-state index is -0.715. The number of para-hydroxylation sites is 1. The van der Waals surface area contributed by atoms with Gasteiger partial charge in [-0.1, -0.05) is 24.3 Å². The molecule has 1 atom stereocenters. The normalized spacial score (nSPS) is 16.8. The topological polar surface area (TPSA) is 76.1 Å². The van der Waals surface area contributed by atoms with E-state index in [0.717, 1.165) is 0 Å². The molecule has 3 rings (SSSR count). The molecule has 0 radical (unpaired) electrons. The molecule has 0 spiro atoms. The van der Waals surface area contributed by atoms with Crippen molar-refractivity contribution in [3.8, 4) is 5.75 Å². The van der Waals surface area contributed by atoms with Crippen LogP contribution in [0.5, 0.6) is 5.75 Å². The van der Waals surface area contributed by atoms with Crippen molar-refractivity contribution in [2.24, 2.45) is 0 Å². The number of Topliss-reactive ketones (excluding diaryl/α,β-unsaturated/α-hetero) is 1. The van der Waals surface area contributed by atoms with Gasteiger partial charge in [-0.05, 0) is 37.8 Å². The third-order valence-corrected chi connectivity index (χ3v) is 5.59. The van der Waals surface area contributed by atoms with Gasteiger partial charge in [-0.15, -0.1) is 11.3 Å². The van der Waals surface area contributed by atoms with Crippen LogP contribution in [0.2, 0.25) is 0 Å². The summed E-state index contributed by atoms with van der Waals surface area (Å²) in [5.74, 6) is -0.836. The zero-order chi connectivity index (χ0) is 21.0. The lowest BCUT2D eigenvalue weighted by Gasteiger charge is -2.28. The first kappa shape index (κ1) is 21.1. The molecule has 1 aromatic heterocycles. The van der Waals surface area contributed by atoms with Crippen molar-refractivity contribution in [1.29, 1.82) is 0 Å². The van der Waals surface area contributed by atoms with Crippen molar-refractivity contribution < 1.29 is 24.2 Å². The summed E-state index contributed by atoms with van der Waals surface area (Å²) in [4.78, 5) is 28.1. The zero-order valence-corrected chi connectivity index (χ0v) is 17.6. The molecule has 1 aliphatic heterocycles. The van der Waals surface area contributed by atoms with Crippen LogP contribution in [0.1, 0.15) is 41.5 Å². The summed E-state index contributed by atoms with van der Waals surface area (Å²) in [7, 11) is 1.54. The quantitative estimate of drug-likeness (QED) is 0.492. The Kier molecular flexibility index (Phi) is 6.71. The van der Waals surface area contributed by atoms with Gasteiger partial charge in [0, 0.05) is 18.7 Å². The molecule has 1 unspecified atom stereocenters. The molecule has 2 heterocycles. The molecule has 7 heteroatoms. The molecule has 1 aromatic carbocycles. The van der Waals surface area contributed by atoms with Gasteiger partial charge < -0.3 is 19.5 Å². The predicted octanol–water partition coefficient (Wildman–Crippen LogP) is 4.15. The van der Waals surface area contributed by atoms with E-state index < -0.39 is 17.7 Å². The number of carbonyl (C=O) groups is 2. The first-order valence-electron chi connectivity index (χ1n) is 9.52. The monoisotopic (exact) mass is 415 g/mol. The van der Waals surface area contributed by atoms with Crippen molar-refractivity contribution in [3.05, 3.63) is 63.6 Å². The lowest BCUT2D eigenvalue weighted by Crippen LogP contribution is -2.33. The highest BCUT2D eigenvalue weighted by atomic mass is 32.1. The fourth-order valence-corrected chi connectivity index (χ4v) is 4.10. The van der Waals surface area contributed by atoms with E-state index in [1.165, 1.54) is 16.2 Å². The Balaban J connectivity index is 1.99. The number of ether oxygens (including phenoxy) is 2. The number of benzene rings is 1. The number of aliphatic hydroxyl groups is 1. The molecule has 6 nitrogen and oxygen atoms in total. The highest BCUT2D eigenvalue weighted by Crippen LogP contribution is 2.42. The first-order chi connectivity index (χ1) is 14.0. The average Bonchev–Trinajstić information content (AvgIpc) is 3.33. The molecule has 0 saturated carbocycles. The summed E-state index contributed by atoms with van der Waals surface area (Å²) in [5.41, 5.74) is 0.754. The summed E-state index contributed by atoms with van der Waals surface area (Å²) in [6.45, 7) is 4.72. The lowest BCUT2D eigenvalue weighted by atomic mass is 9.94. The molecule has 154 valence electrons. The molecule has 1 N–H and O–H groups in total. The highest BCUT2D eigenvalue weighted by molar-refractivity contribution is 7.12. The smallest absolute Gasteiger partial charge is 0.290 e. The van der Waals surface area contributed by atoms with Crippen molar-refractivity contribution in [3.63, 3.8) is 0 Å². The SMILES string of the molecule is COc1ccccc1C1C(C(=O)c2cccs2)=C(O)C(=O)N1CCCOC(C)C. The molecule has 0 aliphatic carbocycles. The Morgan fingerprint density at radius 1 is 1.24 bits per heavy atom. The van der Waals surface area contributed by atoms with E-state index in [-0.39, 0.29) is 17.5 Å². The van der Waals surface area contributed by atoms with E-state index in [2.05, 4.69) is 0 Å². The van der Waals surface area contributed by atoms with E-state index in [4.69, 9.17) is 9.47 Å². The van der Waals surface area contributed by atoms with Crippen LogP contribution in [-0.4, -0.2) is 48.1 Å². The van der Waals surface area contributed by atoms with Crippen LogP contribution in [0.15, 0.2) is 53.1 Å². The van der Waals surface area contributed by atoms with Crippen molar-refractivity contribution in [1.82, 2.24) is 4.90 Å². The maximum Gasteiger partial charge on any atom is 0.290 e. The van der Waals surface area contributed by atoms with E-state index >= 15 is 0 Å². The fourth-order valence-electron chi connectivity index (χ4n) is 3.43. The number of ketones is 1. The molecule has 0 fully saturated rings. The number of amides is 1. The van der Waals surface area contributed by atoms with Crippen LogP contribution in [0.4, 0.5) is 0 Å². The van der Waals surface area contributed by atoms with Gasteiger partial charge in [0.15, 0.2) is 5.76 Å². The van der Waals surface area contributed by atoms with E-state index in [1.54, 1.807) is 30.7 Å². The van der Waals surface area contributed by atoms with Crippen molar-refractivity contribution in [2.75, 3.05) is 20.3 Å². The van der Waals surface area contributed by atoms with Crippen LogP contribution in [0.25, 0.3) is 0 Å². The molecular formula is C22H25NO5S. The number of aliphatic hydroxyl groups excluding tert-OH is 1. The van der Waals surface area contributed by atoms with E-state index in [0.29, 0.717) is 35.8 Å². The summed E-state index contributed by atoms with van der Waals surface area (Å²) in [5, 5.41) is 12.4. The number of hydrogen-bond acceptors (Lipinski definition) is 6. The second-order valence-corrected chi connectivity index (χ2v) is 7.93. The summed E-state index contributed by atoms with van der Waals surface area (Å²) in [6, 6.07) is 9.99. The van der Waals surface area contributed by atoms with Gasteiger partial charge in [-0.2, -0.15) is 0 Å². The minimum absolute atomic E-state index is 0.0896. The minimum Gasteiger partial charge on any atom is -0.503 e. The lowest BCUT2D eigenvalue weighted by molar-refractivity contribution is -0.129. The number of rotatable bonds is 9. The number of nitrogens with zero attached hydrogens (tertiary/aromatic N) is 1. The van der Waals surface area contributed by atoms with Crippen molar-refractivity contribution in [2.45, 2.75) is 32.4 Å². The first-order valence-corrected chi connectivity index (χ1v) is 10.4. The van der Waals surface area contributed by atoms with E-state index in [9.17, 15) is 14.7 Å². The number of hydrogen-bond donors (Lipinski definition) is 1. The maximum absolute atomic E-state index is 13.2. The van der Waals surface area contributed by atoms with Gasteiger partial charge in [0.1, 0.15) is 5.75 Å². The van der Waals surface area contributed by atoms with Gasteiger partial charge in [0.25, 0.3) is 5.91 Å². The Labute approximate surface area is 174 Å². The molecule has 2 aromatic rings. The number of methoxy groups -OCH3 is 1. The van der Waals surface area contributed by atoms with Crippen LogP contribution in [0.3, 0.4) is 0 Å². The van der Waals surface area contributed by atoms with E-state index in [1.807, 2.05) is 32.0 Å². The van der Waals surface area contributed by atoms with Crippen molar-refractivity contribution >= 4 is 23.0 Å². The molecule has 1 amide bonds. The number of thiophene rings is 1. The van der Waals surface area contributed by atoms with Gasteiger partial charge in [-0.25, -0.2) is 0 Å². The van der Waals surface area contributed by atoms with Gasteiger partial charge in [-0.3, -0.25) is 9.59 Å². The third kappa shape index (κ3) is 4.36. The van der Waals surface area contributed by atoms with Gasteiger partial charge in [0.05, 0.1) is 29.7 Å². The molecular weight excluding hydrogens is 390 g/mol. The fraction of sp³-hybridized carbons (Fsp3) is 0.364. The Bertz CT molecular complexity index is 904. The predicted molar refractivity (Wildman–Crippen MR) is 111 cm³/mol. The standard InChI is InChI=1S/C22H25NO5S/c1-14(2)28-12-7-11-23-19(15-8-4-5-9-16(15)27-3)18(21(25)22(23)26)20(24)17-10-6-13-29-17/h4-6,8-10,13-14,19,25H,7,11-12H2,1-3H3. The maximum atomic E-state index is 13.2. The van der Waals surface area contributed by atoms with Gasteiger partial charge >= 0.3 is 0 Å². The Hall–Kier alpha value is -2.64. The van der Waals surface area contributed by atoms with Crippen LogP contribution in [0, 0.1) is 0 Å². The van der Waals surface area contributed by atoms with Crippen LogP contribution < -0.4 is 4.74 Å². The molecule has 1 aliphatic rings. The molecule has 0 saturated heterocycles. The average molecular weight is 416 g/mol. The van der Waals surface area contributed by atoms with Crippen LogP contribution >= 0.6 is 11.3 Å². The second kappa shape index (κ2) is 9.24. The van der Waals surface area contributed by atoms with Crippen LogP contribution in [-0.2, 0) is 9.53 Å². The Morgan fingerprint density at radius 3 is 2.66 bits per heavy atom. The highest BCUT2D eigenvalue weighted by Gasteiger charge is 2.44. The summed E-state index contributed by atoms with van der Waals surface area (Å²) >= 11 is 1.28. The summed E-state index contributed by atoms with van der Waals surface area (Å²) in [6.07, 6.45) is 0.681. The number of carbonyl (C=O) groups excluding carboxylic acids is 2. The molecule has 0 bridgehead atoms.